The molecule has 0 saturated carbocycles. The van der Waals surface area contributed by atoms with Gasteiger partial charge in [-0.2, -0.15) is 0 Å². The largest absolute Gasteiger partial charge is 0.496 e. The maximum absolute atomic E-state index is 11.7. The predicted octanol–water partition coefficient (Wildman–Crippen LogP) is 5.18. The molecule has 0 amide bonds. The van der Waals surface area contributed by atoms with Crippen molar-refractivity contribution >= 4 is 11.7 Å². The number of ether oxygens (including phenoxy) is 3. The molecule has 2 N–H and O–H groups in total. The van der Waals surface area contributed by atoms with Crippen LogP contribution in [0.1, 0.15) is 61.2 Å². The Balaban J connectivity index is 0.000000921. The highest BCUT2D eigenvalue weighted by Gasteiger charge is 2.16. The fraction of sp³-hybridized carbons (Fsp3) is 0.435. The van der Waals surface area contributed by atoms with Crippen molar-refractivity contribution in [2.24, 2.45) is 0 Å². The normalized spacial score (nSPS) is 11.2. The number of hydrogen-bond donors (Lipinski definition) is 1. The summed E-state index contributed by atoms with van der Waals surface area (Å²) in [4.78, 5) is 11.7. The highest BCUT2D eigenvalue weighted by molar-refractivity contribution is 5.92. The van der Waals surface area contributed by atoms with Gasteiger partial charge in [0, 0.05) is 0 Å². The summed E-state index contributed by atoms with van der Waals surface area (Å²) in [5, 5.41) is 0. The third kappa shape index (κ3) is 5.65. The van der Waals surface area contributed by atoms with Gasteiger partial charge in [-0.1, -0.05) is 33.8 Å². The van der Waals surface area contributed by atoms with Gasteiger partial charge in [-0.15, -0.1) is 0 Å². The molecule has 0 radical (unpaired) electrons. The third-order valence-corrected chi connectivity index (χ3v) is 4.29. The van der Waals surface area contributed by atoms with E-state index in [0.29, 0.717) is 29.4 Å². The van der Waals surface area contributed by atoms with E-state index in [-0.39, 0.29) is 0 Å². The first-order valence-electron chi connectivity index (χ1n) is 9.91. The number of fused-ring (bicyclic) bond motifs is 1. The van der Waals surface area contributed by atoms with Gasteiger partial charge in [-0.05, 0) is 60.2 Å². The van der Waals surface area contributed by atoms with Crippen molar-refractivity contribution in [3.63, 3.8) is 0 Å². The van der Waals surface area contributed by atoms with Gasteiger partial charge in [0.1, 0.15) is 23.7 Å². The lowest BCUT2D eigenvalue weighted by Crippen LogP contribution is -2.06. The van der Waals surface area contributed by atoms with E-state index >= 15 is 0 Å². The van der Waals surface area contributed by atoms with Crippen LogP contribution in [-0.4, -0.2) is 20.2 Å². The lowest BCUT2D eigenvalue weighted by Gasteiger charge is -2.13. The van der Waals surface area contributed by atoms with E-state index in [0.717, 1.165) is 18.4 Å². The minimum absolute atomic E-state index is 0.348. The Morgan fingerprint density at radius 1 is 0.964 bits per heavy atom. The van der Waals surface area contributed by atoms with Gasteiger partial charge in [0.25, 0.3) is 0 Å². The molecule has 2 aromatic rings. The lowest BCUT2D eigenvalue weighted by molar-refractivity contribution is 0.0597. The monoisotopic (exact) mass is 387 g/mol. The number of carbonyl (C=O) groups excluding carboxylic acids is 1. The minimum atomic E-state index is -0.429. The molecule has 5 heteroatoms. The number of aryl methyl sites for hydroxylation is 2. The number of rotatable bonds is 5. The maximum Gasteiger partial charge on any atom is 0.341 e. The van der Waals surface area contributed by atoms with Crippen LogP contribution in [0.5, 0.6) is 11.5 Å². The molecule has 1 aliphatic carbocycles. The van der Waals surface area contributed by atoms with Crippen LogP contribution < -0.4 is 15.2 Å². The molecule has 5 nitrogen and oxygen atoms in total. The van der Waals surface area contributed by atoms with Crippen molar-refractivity contribution < 1.29 is 19.0 Å². The summed E-state index contributed by atoms with van der Waals surface area (Å²) in [5.41, 5.74) is 10.7. The second kappa shape index (κ2) is 11.9. The first kappa shape index (κ1) is 23.3. The summed E-state index contributed by atoms with van der Waals surface area (Å²) in [6.45, 7) is 8.35. The Hall–Kier alpha value is -2.69. The summed E-state index contributed by atoms with van der Waals surface area (Å²) in [6.07, 6.45) is 3.34. The standard InChI is InChI=1S/C19H21NO4.2C2H6/c1-22-17-8-12(6-7-15(17)19(21)23-2)11-24-18-10-14-5-3-4-13(14)9-16(18)20;2*1-2/h6-10H,3-5,11,20H2,1-2H3;2*1-2H3. The van der Waals surface area contributed by atoms with Crippen LogP contribution in [0.15, 0.2) is 30.3 Å². The quantitative estimate of drug-likeness (QED) is 0.565. The van der Waals surface area contributed by atoms with Gasteiger partial charge in [-0.25, -0.2) is 4.79 Å². The van der Waals surface area contributed by atoms with Gasteiger partial charge in [0.05, 0.1) is 19.9 Å². The van der Waals surface area contributed by atoms with E-state index in [9.17, 15) is 4.79 Å². The Bertz CT molecular complexity index is 771. The molecule has 0 unspecified atom stereocenters. The molecule has 0 saturated heterocycles. The van der Waals surface area contributed by atoms with Crippen molar-refractivity contribution in [1.29, 1.82) is 0 Å². The third-order valence-electron chi connectivity index (χ3n) is 4.29. The molecule has 154 valence electrons. The number of carbonyl (C=O) groups is 1. The molecule has 0 aliphatic heterocycles. The van der Waals surface area contributed by atoms with E-state index in [1.54, 1.807) is 12.1 Å². The molecule has 0 atom stereocenters. The van der Waals surface area contributed by atoms with Crippen molar-refractivity contribution in [3.8, 4) is 11.5 Å². The first-order valence-corrected chi connectivity index (χ1v) is 9.91. The van der Waals surface area contributed by atoms with Gasteiger partial charge in [-0.3, -0.25) is 0 Å². The highest BCUT2D eigenvalue weighted by atomic mass is 16.5. The van der Waals surface area contributed by atoms with Crippen LogP contribution in [0.25, 0.3) is 0 Å². The molecule has 0 aromatic heterocycles. The Morgan fingerprint density at radius 2 is 1.61 bits per heavy atom. The van der Waals surface area contributed by atoms with E-state index in [4.69, 9.17) is 19.9 Å². The van der Waals surface area contributed by atoms with Crippen LogP contribution in [0.4, 0.5) is 5.69 Å². The molecule has 0 heterocycles. The second-order valence-electron chi connectivity index (χ2n) is 5.83. The van der Waals surface area contributed by atoms with Gasteiger partial charge >= 0.3 is 5.97 Å². The van der Waals surface area contributed by atoms with Gasteiger partial charge in [0.15, 0.2) is 0 Å². The molecule has 0 spiro atoms. The number of anilines is 1. The number of benzene rings is 2. The Morgan fingerprint density at radius 3 is 2.21 bits per heavy atom. The van der Waals surface area contributed by atoms with Crippen LogP contribution in [0, 0.1) is 0 Å². The Kier molecular flexibility index (Phi) is 9.93. The highest BCUT2D eigenvalue weighted by Crippen LogP contribution is 2.32. The topological polar surface area (TPSA) is 70.8 Å². The average Bonchev–Trinajstić information content (AvgIpc) is 3.21. The number of hydrogen-bond acceptors (Lipinski definition) is 5. The minimum Gasteiger partial charge on any atom is -0.496 e. The van der Waals surface area contributed by atoms with E-state index in [2.05, 4.69) is 0 Å². The number of nitrogen functional groups attached to an aromatic ring is 1. The summed E-state index contributed by atoms with van der Waals surface area (Å²) in [7, 11) is 2.86. The summed E-state index contributed by atoms with van der Waals surface area (Å²) < 4.78 is 15.9. The molecule has 3 rings (SSSR count). The van der Waals surface area contributed by atoms with Crippen LogP contribution in [-0.2, 0) is 24.2 Å². The molecule has 2 aromatic carbocycles. The Labute approximate surface area is 168 Å². The van der Waals surface area contributed by atoms with Crippen LogP contribution in [0.3, 0.4) is 0 Å². The maximum atomic E-state index is 11.7. The van der Waals surface area contributed by atoms with Crippen molar-refractivity contribution in [2.45, 2.75) is 53.6 Å². The molecular formula is C23H33NO4. The van der Waals surface area contributed by atoms with Gasteiger partial charge < -0.3 is 19.9 Å². The van der Waals surface area contributed by atoms with E-state index in [1.165, 1.54) is 31.8 Å². The molecule has 0 fully saturated rings. The van der Waals surface area contributed by atoms with Crippen LogP contribution in [0.2, 0.25) is 0 Å². The zero-order chi connectivity index (χ0) is 21.1. The number of methoxy groups -OCH3 is 2. The van der Waals surface area contributed by atoms with Crippen LogP contribution >= 0.6 is 0 Å². The number of esters is 1. The smallest absolute Gasteiger partial charge is 0.341 e. The summed E-state index contributed by atoms with van der Waals surface area (Å²) in [6, 6.07) is 9.32. The summed E-state index contributed by atoms with van der Waals surface area (Å²) in [5.74, 6) is 0.735. The zero-order valence-corrected chi connectivity index (χ0v) is 17.9. The van der Waals surface area contributed by atoms with Crippen molar-refractivity contribution in [1.82, 2.24) is 0 Å². The van der Waals surface area contributed by atoms with Crippen molar-refractivity contribution in [2.75, 3.05) is 20.0 Å². The first-order chi connectivity index (χ1) is 13.6. The predicted molar refractivity (Wildman–Crippen MR) is 114 cm³/mol. The fourth-order valence-corrected chi connectivity index (χ4v) is 3.01. The molecule has 1 aliphatic rings. The lowest BCUT2D eigenvalue weighted by atomic mass is 10.1. The number of nitrogens with two attached hydrogens (primary N) is 1. The molecular weight excluding hydrogens is 354 g/mol. The SMILES string of the molecule is CC.CC.COC(=O)c1ccc(COc2cc3c(cc2N)CCC3)cc1OC. The fourth-order valence-electron chi connectivity index (χ4n) is 3.01. The summed E-state index contributed by atoms with van der Waals surface area (Å²) >= 11 is 0. The zero-order valence-electron chi connectivity index (χ0n) is 17.9. The molecule has 28 heavy (non-hydrogen) atoms. The van der Waals surface area contributed by atoms with E-state index < -0.39 is 5.97 Å². The molecule has 0 bridgehead atoms. The average molecular weight is 388 g/mol. The van der Waals surface area contributed by atoms with Crippen molar-refractivity contribution in [3.05, 3.63) is 52.6 Å². The van der Waals surface area contributed by atoms with E-state index in [1.807, 2.05) is 45.9 Å². The second-order valence-corrected chi connectivity index (χ2v) is 5.83. The van der Waals surface area contributed by atoms with Gasteiger partial charge in [0.2, 0.25) is 0 Å².